The van der Waals surface area contributed by atoms with Crippen molar-refractivity contribution in [2.45, 2.75) is 26.2 Å². The number of ether oxygens (including phenoxy) is 1. The monoisotopic (exact) mass is 740 g/mol. The van der Waals surface area contributed by atoms with Gasteiger partial charge in [-0.15, -0.1) is 0 Å². The highest BCUT2D eigenvalue weighted by molar-refractivity contribution is 6.09. The van der Waals surface area contributed by atoms with Gasteiger partial charge < -0.3 is 4.74 Å². The summed E-state index contributed by atoms with van der Waals surface area (Å²) in [5.41, 5.74) is 5.58. The number of rotatable bonds is 7. The van der Waals surface area contributed by atoms with Crippen LogP contribution in [0.25, 0.3) is 67.0 Å². The molecule has 0 N–H and O–H groups in total. The maximum Gasteiger partial charge on any atom is 0.137 e. The maximum atomic E-state index is 15.8. The van der Waals surface area contributed by atoms with Gasteiger partial charge in [0.2, 0.25) is 0 Å². The summed E-state index contributed by atoms with van der Waals surface area (Å²) in [4.78, 5) is 4.80. The molecule has 0 fully saturated rings. The van der Waals surface area contributed by atoms with E-state index >= 15 is 8.78 Å². The lowest BCUT2D eigenvalue weighted by Crippen LogP contribution is -2.12. The van der Waals surface area contributed by atoms with Crippen molar-refractivity contribution in [3.05, 3.63) is 181 Å². The van der Waals surface area contributed by atoms with E-state index in [1.807, 2.05) is 115 Å². The summed E-state index contributed by atoms with van der Waals surface area (Å²) < 4.78 is 56.2. The smallest absolute Gasteiger partial charge is 0.137 e. The minimum absolute atomic E-state index is 0.0609. The fourth-order valence-electron chi connectivity index (χ4n) is 7.37. The molecule has 0 saturated carbocycles. The second kappa shape index (κ2) is 13.7. The van der Waals surface area contributed by atoms with Crippen LogP contribution in [0, 0.1) is 17.5 Å². The summed E-state index contributed by atoms with van der Waals surface area (Å²) in [7, 11) is 0. The molecule has 0 unspecified atom stereocenters. The zero-order valence-corrected chi connectivity index (χ0v) is 30.8. The van der Waals surface area contributed by atoms with E-state index in [9.17, 15) is 4.39 Å². The summed E-state index contributed by atoms with van der Waals surface area (Å²) in [5.74, 6) is -1.11. The molecule has 0 radical (unpaired) electrons. The highest BCUT2D eigenvalue weighted by Gasteiger charge is 2.28. The van der Waals surface area contributed by atoms with Gasteiger partial charge >= 0.3 is 0 Å². The van der Waals surface area contributed by atoms with Crippen molar-refractivity contribution in [1.82, 2.24) is 19.3 Å². The Morgan fingerprint density at radius 3 is 1.96 bits per heavy atom. The first-order valence-electron chi connectivity index (χ1n) is 18.3. The van der Waals surface area contributed by atoms with Crippen LogP contribution in [-0.4, -0.2) is 19.3 Å². The Balaban J connectivity index is 1.20. The third kappa shape index (κ3) is 6.19. The van der Waals surface area contributed by atoms with E-state index < -0.39 is 17.5 Å². The summed E-state index contributed by atoms with van der Waals surface area (Å²) in [6, 6.07) is 45.7. The molecular formula is C48H35F3N4O. The first kappa shape index (κ1) is 34.8. The highest BCUT2D eigenvalue weighted by Crippen LogP contribution is 2.44. The van der Waals surface area contributed by atoms with Crippen molar-refractivity contribution in [3.63, 3.8) is 0 Å². The zero-order chi connectivity index (χ0) is 38.6. The third-order valence-corrected chi connectivity index (χ3v) is 10.0. The van der Waals surface area contributed by atoms with Crippen molar-refractivity contribution in [2.75, 3.05) is 0 Å². The molecule has 0 aliphatic heterocycles. The van der Waals surface area contributed by atoms with Gasteiger partial charge in [-0.2, -0.15) is 5.10 Å². The van der Waals surface area contributed by atoms with E-state index in [1.54, 1.807) is 4.68 Å². The number of aromatic nitrogens is 4. The van der Waals surface area contributed by atoms with Gasteiger partial charge in [0.1, 0.15) is 40.5 Å². The van der Waals surface area contributed by atoms with Crippen LogP contribution in [0.3, 0.4) is 0 Å². The molecule has 0 bridgehead atoms. The summed E-state index contributed by atoms with van der Waals surface area (Å²) in [5, 5.41) is 7.18. The van der Waals surface area contributed by atoms with Gasteiger partial charge in [-0.25, -0.2) is 22.8 Å². The van der Waals surface area contributed by atoms with Crippen LogP contribution in [0.5, 0.6) is 11.5 Å². The van der Waals surface area contributed by atoms with Crippen molar-refractivity contribution in [1.29, 1.82) is 0 Å². The molecule has 3 aromatic heterocycles. The number of hydrogen-bond acceptors (Lipinski definition) is 3. The lowest BCUT2D eigenvalue weighted by atomic mass is 9.88. The predicted molar refractivity (Wildman–Crippen MR) is 217 cm³/mol. The summed E-state index contributed by atoms with van der Waals surface area (Å²) in [6.07, 6.45) is 1.86. The van der Waals surface area contributed by atoms with Crippen LogP contribution in [0.4, 0.5) is 13.2 Å². The summed E-state index contributed by atoms with van der Waals surface area (Å²) in [6.45, 7) is 6.56. The van der Waals surface area contributed by atoms with Gasteiger partial charge in [-0.05, 0) is 53.4 Å². The molecule has 9 rings (SSSR count). The standard InChI is InChI=1S/C48H35F3N4O/c1-48(2,3)32-23-24-52-43(25-32)54-41-20-11-10-19-37(41)38-22-21-36(29-42(38)54)56-35-18-12-17-34(28-35)55-47(31-15-8-5-9-16-31)45(44-39(50)26-33(49)27-40(44)51)46(53-55)30-13-6-4-7-14-30/h4-29H,1-3H3. The van der Waals surface area contributed by atoms with E-state index in [0.29, 0.717) is 51.8 Å². The van der Waals surface area contributed by atoms with Crippen molar-refractivity contribution < 1.29 is 17.9 Å². The largest absolute Gasteiger partial charge is 0.457 e. The number of nitrogens with zero attached hydrogens (tertiary/aromatic N) is 4. The number of para-hydroxylation sites is 1. The second-order valence-corrected chi connectivity index (χ2v) is 14.7. The van der Waals surface area contributed by atoms with Crippen LogP contribution in [0.2, 0.25) is 0 Å². The molecule has 56 heavy (non-hydrogen) atoms. The lowest BCUT2D eigenvalue weighted by Gasteiger charge is -2.20. The third-order valence-electron chi connectivity index (χ3n) is 10.0. The number of pyridine rings is 1. The molecule has 0 aliphatic rings. The Morgan fingerprint density at radius 2 is 1.23 bits per heavy atom. The van der Waals surface area contributed by atoms with Crippen LogP contribution >= 0.6 is 0 Å². The first-order chi connectivity index (χ1) is 27.1. The Hall–Kier alpha value is -6.93. The second-order valence-electron chi connectivity index (χ2n) is 14.7. The van der Waals surface area contributed by atoms with E-state index in [1.165, 1.54) is 5.56 Å². The molecule has 9 aromatic rings. The van der Waals surface area contributed by atoms with Crippen molar-refractivity contribution in [3.8, 4) is 56.6 Å². The first-order valence-corrected chi connectivity index (χ1v) is 18.3. The van der Waals surface area contributed by atoms with Crippen molar-refractivity contribution in [2.24, 2.45) is 0 Å². The fourth-order valence-corrected chi connectivity index (χ4v) is 7.37. The van der Waals surface area contributed by atoms with E-state index in [-0.39, 0.29) is 16.5 Å². The van der Waals surface area contributed by atoms with Crippen LogP contribution in [-0.2, 0) is 5.41 Å². The van der Waals surface area contributed by atoms with Crippen LogP contribution in [0.15, 0.2) is 158 Å². The molecule has 6 aromatic carbocycles. The quantitative estimate of drug-likeness (QED) is 0.163. The average molecular weight is 741 g/mol. The molecule has 0 atom stereocenters. The average Bonchev–Trinajstić information content (AvgIpc) is 3.74. The Morgan fingerprint density at radius 1 is 0.571 bits per heavy atom. The van der Waals surface area contributed by atoms with Gasteiger partial charge in [-0.1, -0.05) is 106 Å². The Kier molecular flexibility index (Phi) is 8.54. The normalized spacial score (nSPS) is 11.8. The summed E-state index contributed by atoms with van der Waals surface area (Å²) >= 11 is 0. The van der Waals surface area contributed by atoms with E-state index in [0.717, 1.165) is 27.6 Å². The van der Waals surface area contributed by atoms with Crippen LogP contribution < -0.4 is 4.74 Å². The minimum Gasteiger partial charge on any atom is -0.457 e. The van der Waals surface area contributed by atoms with Crippen molar-refractivity contribution >= 4 is 21.8 Å². The zero-order valence-electron chi connectivity index (χ0n) is 30.8. The number of halogens is 3. The molecule has 0 amide bonds. The number of fused-ring (bicyclic) bond motifs is 3. The molecule has 5 nitrogen and oxygen atoms in total. The Labute approximate surface area is 321 Å². The van der Waals surface area contributed by atoms with Gasteiger partial charge in [-0.3, -0.25) is 4.57 Å². The van der Waals surface area contributed by atoms with Gasteiger partial charge in [0.25, 0.3) is 0 Å². The molecule has 0 spiro atoms. The van der Waals surface area contributed by atoms with Gasteiger partial charge in [0.15, 0.2) is 0 Å². The highest BCUT2D eigenvalue weighted by atomic mass is 19.1. The molecule has 274 valence electrons. The van der Waals surface area contributed by atoms with E-state index in [4.69, 9.17) is 14.8 Å². The predicted octanol–water partition coefficient (Wildman–Crippen LogP) is 12.9. The number of benzene rings is 6. The van der Waals surface area contributed by atoms with Gasteiger partial charge in [0.05, 0.1) is 28.0 Å². The topological polar surface area (TPSA) is 44.9 Å². The van der Waals surface area contributed by atoms with Gasteiger partial charge in [0, 0.05) is 57.9 Å². The minimum atomic E-state index is -1.03. The molecule has 3 heterocycles. The fraction of sp³-hybridized carbons (Fsp3) is 0.0833. The SMILES string of the molecule is CC(C)(C)c1ccnc(-n2c3ccccc3c3ccc(Oc4cccc(-n5nc(-c6ccccc6)c(-c6c(F)cc(F)cc6F)c5-c5ccccc5)c4)cc32)c1. The maximum absolute atomic E-state index is 15.8. The number of hydrogen-bond donors (Lipinski definition) is 0. The molecule has 0 saturated heterocycles. The molecule has 8 heteroatoms. The molecule has 0 aliphatic carbocycles. The van der Waals surface area contributed by atoms with E-state index in [2.05, 4.69) is 55.7 Å². The molecular weight excluding hydrogens is 706 g/mol. The van der Waals surface area contributed by atoms with Crippen LogP contribution in [0.1, 0.15) is 26.3 Å². The Bertz CT molecular complexity index is 2890. The lowest BCUT2D eigenvalue weighted by molar-refractivity contribution is 0.483.